The van der Waals surface area contributed by atoms with Gasteiger partial charge in [-0.3, -0.25) is 28.8 Å². The molecule has 0 bridgehead atoms. The fourth-order valence-electron chi connectivity index (χ4n) is 10.2. The van der Waals surface area contributed by atoms with Crippen LogP contribution in [-0.2, 0) is 62.2 Å². The third kappa shape index (κ3) is 13.3. The minimum Gasteiger partial charge on any atom is -0.394 e. The topological polar surface area (TPSA) is 405 Å². The molecule has 3 aliphatic rings. The monoisotopic (exact) mass is 1100 g/mol. The predicted molar refractivity (Wildman–Crippen MR) is 276 cm³/mol. The zero-order valence-corrected chi connectivity index (χ0v) is 44.4. The third-order valence-corrected chi connectivity index (χ3v) is 14.5. The van der Waals surface area contributed by atoms with Crippen molar-refractivity contribution in [3.8, 4) is 0 Å². The Hall–Kier alpha value is -6.04. The van der Waals surface area contributed by atoms with Gasteiger partial charge < -0.3 is 97.2 Å². The summed E-state index contributed by atoms with van der Waals surface area (Å²) < 4.78 is 16.7. The second kappa shape index (κ2) is 28.7. The lowest BCUT2D eigenvalue weighted by Crippen LogP contribution is -2.69. The molecule has 3 aromatic rings. The molecule has 3 fully saturated rings. The smallest absolute Gasteiger partial charge is 0.238 e. The van der Waals surface area contributed by atoms with E-state index in [0.717, 1.165) is 0 Å². The highest BCUT2D eigenvalue weighted by Gasteiger charge is 2.62. The van der Waals surface area contributed by atoms with Gasteiger partial charge in [0.25, 0.3) is 0 Å². The number of aliphatic hydroxyl groups excluding tert-OH is 10. The summed E-state index contributed by atoms with van der Waals surface area (Å²) in [7, 11) is 8.21. The lowest BCUT2D eigenvalue weighted by molar-refractivity contribution is -0.252. The van der Waals surface area contributed by atoms with Gasteiger partial charge in [-0.15, -0.1) is 0 Å². The van der Waals surface area contributed by atoms with E-state index in [1.165, 1.54) is 49.2 Å². The summed E-state index contributed by atoms with van der Waals surface area (Å²) >= 11 is 0. The molecule has 6 rings (SSSR count). The molecule has 3 aromatic carbocycles. The maximum absolute atomic E-state index is 12.9. The number of rotatable bonds is 16. The molecule has 78 heavy (non-hydrogen) atoms. The number of carbonyl (C=O) groups excluding carboxylic acids is 6. The Labute approximate surface area is 451 Å². The molecule has 0 radical (unpaired) electrons. The van der Waals surface area contributed by atoms with Gasteiger partial charge in [-0.1, -0.05) is 91.0 Å². The van der Waals surface area contributed by atoms with Crippen LogP contribution < -0.4 is 31.9 Å². The van der Waals surface area contributed by atoms with Gasteiger partial charge in [0, 0.05) is 42.3 Å². The van der Waals surface area contributed by atoms with Crippen molar-refractivity contribution < 1.29 is 94.0 Å². The molecule has 6 amide bonds. The summed E-state index contributed by atoms with van der Waals surface area (Å²) in [5.41, 5.74) is -3.60. The summed E-state index contributed by atoms with van der Waals surface area (Å²) in [6, 6.07) is 26.4. The van der Waals surface area contributed by atoms with Crippen LogP contribution in [0.4, 0.5) is 0 Å². The molecular formula is C53H76N6O19. The van der Waals surface area contributed by atoms with Gasteiger partial charge in [0.15, 0.2) is 16.2 Å². The van der Waals surface area contributed by atoms with Crippen LogP contribution in [0.1, 0.15) is 23.6 Å². The molecule has 14 atom stereocenters. The minimum absolute atomic E-state index is 0.0439. The number of carbonyl (C=O) groups is 6. The molecule has 0 spiro atoms. The molecule has 1 unspecified atom stereocenters. The first-order valence-corrected chi connectivity index (χ1v) is 25.1. The highest BCUT2D eigenvalue weighted by atomic mass is 16.6. The lowest BCUT2D eigenvalue weighted by Gasteiger charge is -2.47. The summed E-state index contributed by atoms with van der Waals surface area (Å²) in [5, 5.41) is 116. The van der Waals surface area contributed by atoms with Crippen molar-refractivity contribution >= 4 is 35.4 Å². The van der Waals surface area contributed by atoms with E-state index in [-0.39, 0.29) is 25.9 Å². The fourth-order valence-corrected chi connectivity index (χ4v) is 10.2. The first-order valence-electron chi connectivity index (χ1n) is 25.1. The van der Waals surface area contributed by atoms with Crippen LogP contribution in [0.3, 0.4) is 0 Å². The second-order valence-electron chi connectivity index (χ2n) is 19.2. The van der Waals surface area contributed by atoms with E-state index in [0.29, 0.717) is 16.7 Å². The Balaban J connectivity index is 0.000000253. The largest absolute Gasteiger partial charge is 0.394 e. The number of benzene rings is 3. The van der Waals surface area contributed by atoms with Gasteiger partial charge in [-0.2, -0.15) is 0 Å². The molecule has 3 saturated heterocycles. The summed E-state index contributed by atoms with van der Waals surface area (Å²) in [5.74, 6) is -4.06. The van der Waals surface area contributed by atoms with Crippen molar-refractivity contribution in [2.75, 3.05) is 55.5 Å². The lowest BCUT2D eigenvalue weighted by atomic mass is 9.70. The standard InChI is InChI=1S/C18H26N2O7.C18H26N2O6.C17H24N2O6/c1-19-16(25)18(17(26)20-2,8-10-6-4-3-5-7-10)15-14(24)13(23)12(22)11(9-21)27-15;1-10-12(21)13(22)14(23)15(26-10)18(16(24)19-2,17(25)20-3)9-11-7-5-4-6-8-11;1-18-15(23)17(16(24)19-2,8-10-6-4-3-5-7-10)14-13(22)12(21)11(20)9-25-14/h3-7,11-15,21-24H,8-9H2,1-2H3,(H,19,25)(H,20,26);4-8,10,12-15,21-23H,9H2,1-3H3,(H,19,24)(H,20,25);3-7,11-14,20-22H,8-9H2,1-2H3,(H,18,23)(H,19,24)/t11-,12-,13+,14-,15?;10-,12+,13+,14-,15-;11-,12+,13-,14-/m111/s1. The van der Waals surface area contributed by atoms with E-state index < -0.39 is 144 Å². The SMILES string of the molecule is CNC(=O)C(Cc1ccccc1)(C(=O)NC)C1O[C@H](CO)[C@@H](O)[C@H](O)[C@H]1O.CNC(=O)C(Cc1ccccc1)(C(=O)NC)[C@@H]1OC[C@@H](O)[C@H](O)[C@H]1O.CNC(=O)C(Cc1ccccc1)(C(=O)NC)[C@@H]1O[C@H](C)[C@H](O)[C@H](O)[C@H]1O. The molecule has 3 heterocycles. The molecule has 0 aliphatic carbocycles. The molecule has 16 N–H and O–H groups in total. The summed E-state index contributed by atoms with van der Waals surface area (Å²) in [6.07, 6.45) is -20.5. The van der Waals surface area contributed by atoms with Crippen LogP contribution in [0.15, 0.2) is 91.0 Å². The van der Waals surface area contributed by atoms with Crippen molar-refractivity contribution in [2.45, 2.75) is 112 Å². The Bertz CT molecular complexity index is 2380. The maximum Gasteiger partial charge on any atom is 0.238 e. The van der Waals surface area contributed by atoms with Crippen LogP contribution in [0.25, 0.3) is 0 Å². The molecule has 25 heteroatoms. The Morgan fingerprint density at radius 2 is 0.718 bits per heavy atom. The Morgan fingerprint density at radius 1 is 0.423 bits per heavy atom. The second-order valence-corrected chi connectivity index (χ2v) is 19.2. The number of hydrogen-bond donors (Lipinski definition) is 16. The molecule has 25 nitrogen and oxygen atoms in total. The van der Waals surface area contributed by atoms with E-state index >= 15 is 0 Å². The van der Waals surface area contributed by atoms with Gasteiger partial charge in [0.2, 0.25) is 35.4 Å². The van der Waals surface area contributed by atoms with E-state index in [9.17, 15) is 79.8 Å². The zero-order chi connectivity index (χ0) is 58.3. The third-order valence-electron chi connectivity index (χ3n) is 14.5. The van der Waals surface area contributed by atoms with Gasteiger partial charge in [0.1, 0.15) is 79.4 Å². The molecule has 432 valence electrons. The van der Waals surface area contributed by atoms with Crippen LogP contribution in [0, 0.1) is 16.2 Å². The van der Waals surface area contributed by atoms with E-state index in [4.69, 9.17) is 14.2 Å². The highest BCUT2D eigenvalue weighted by molar-refractivity contribution is 6.07. The summed E-state index contributed by atoms with van der Waals surface area (Å²) in [6.45, 7) is 0.547. The first kappa shape index (κ1) is 64.5. The Morgan fingerprint density at radius 3 is 1.04 bits per heavy atom. The van der Waals surface area contributed by atoms with E-state index in [1.807, 2.05) is 0 Å². The molecule has 3 aliphatic heterocycles. The van der Waals surface area contributed by atoms with Crippen molar-refractivity contribution in [2.24, 2.45) is 16.2 Å². The number of hydrogen-bond acceptors (Lipinski definition) is 19. The summed E-state index contributed by atoms with van der Waals surface area (Å²) in [4.78, 5) is 77.1. The quantitative estimate of drug-likeness (QED) is 0.0595. The predicted octanol–water partition coefficient (Wildman–Crippen LogP) is -5.68. The van der Waals surface area contributed by atoms with Gasteiger partial charge in [-0.05, 0) is 42.9 Å². The molecule has 0 aromatic heterocycles. The van der Waals surface area contributed by atoms with E-state index in [1.54, 1.807) is 91.0 Å². The van der Waals surface area contributed by atoms with Crippen molar-refractivity contribution in [3.63, 3.8) is 0 Å². The average Bonchev–Trinajstić information content (AvgIpc) is 3.51. The van der Waals surface area contributed by atoms with Crippen molar-refractivity contribution in [1.29, 1.82) is 0 Å². The van der Waals surface area contributed by atoms with Gasteiger partial charge in [-0.25, -0.2) is 0 Å². The fraction of sp³-hybridized carbons (Fsp3) is 0.547. The van der Waals surface area contributed by atoms with E-state index in [2.05, 4.69) is 31.9 Å². The van der Waals surface area contributed by atoms with Gasteiger partial charge >= 0.3 is 0 Å². The Kier molecular flexibility index (Phi) is 23.7. The van der Waals surface area contributed by atoms with Crippen LogP contribution in [-0.4, -0.2) is 227 Å². The normalized spacial score (nSPS) is 28.1. The van der Waals surface area contributed by atoms with Crippen LogP contribution in [0.5, 0.6) is 0 Å². The maximum atomic E-state index is 12.9. The van der Waals surface area contributed by atoms with Crippen LogP contribution >= 0.6 is 0 Å². The average molecular weight is 1100 g/mol. The number of amides is 6. The minimum atomic E-state index is -1.95. The number of nitrogens with one attached hydrogen (secondary N) is 6. The zero-order valence-electron chi connectivity index (χ0n) is 44.4. The van der Waals surface area contributed by atoms with Crippen LogP contribution in [0.2, 0.25) is 0 Å². The first-order chi connectivity index (χ1) is 37.0. The highest BCUT2D eigenvalue weighted by Crippen LogP contribution is 2.40. The number of ether oxygens (including phenoxy) is 3. The van der Waals surface area contributed by atoms with Crippen molar-refractivity contribution in [1.82, 2.24) is 31.9 Å². The molecular weight excluding hydrogens is 1020 g/mol. The number of aliphatic hydroxyl groups is 10. The van der Waals surface area contributed by atoms with Gasteiger partial charge in [0.05, 0.1) is 19.3 Å². The van der Waals surface area contributed by atoms with Crippen molar-refractivity contribution in [3.05, 3.63) is 108 Å². The molecule has 0 saturated carbocycles.